The van der Waals surface area contributed by atoms with Crippen molar-refractivity contribution in [2.24, 2.45) is 10.7 Å². The minimum atomic E-state index is -0.474. The summed E-state index contributed by atoms with van der Waals surface area (Å²) in [5, 5.41) is 9.52. The maximum Gasteiger partial charge on any atom is 0.497 e. The molecule has 3 N–H and O–H groups in total. The summed E-state index contributed by atoms with van der Waals surface area (Å²) in [7, 11) is -0.474. The fourth-order valence-corrected chi connectivity index (χ4v) is 2.56. The molecule has 0 aromatic carbocycles. The third-order valence-corrected chi connectivity index (χ3v) is 4.82. The van der Waals surface area contributed by atoms with Crippen molar-refractivity contribution in [1.29, 1.82) is 0 Å². The van der Waals surface area contributed by atoms with Crippen molar-refractivity contribution in [2.75, 3.05) is 0 Å². The van der Waals surface area contributed by atoms with Gasteiger partial charge < -0.3 is 20.1 Å². The molecule has 118 valence electrons. The smallest absolute Gasteiger partial charge is 0.405 e. The van der Waals surface area contributed by atoms with Crippen LogP contribution in [0.15, 0.2) is 16.7 Å². The Morgan fingerprint density at radius 3 is 2.14 bits per heavy atom. The van der Waals surface area contributed by atoms with Crippen molar-refractivity contribution < 1.29 is 14.4 Å². The van der Waals surface area contributed by atoms with Crippen LogP contribution < -0.4 is 5.73 Å². The van der Waals surface area contributed by atoms with E-state index >= 15 is 0 Å². The lowest BCUT2D eigenvalue weighted by Gasteiger charge is -2.32. The van der Waals surface area contributed by atoms with Crippen LogP contribution in [0.3, 0.4) is 0 Å². The maximum absolute atomic E-state index is 9.52. The number of aliphatic hydroxyl groups excluding tert-OH is 1. The number of nitrogens with zero attached hydrogens (tertiary/aromatic N) is 1. The predicted molar refractivity (Wildman–Crippen MR) is 85.1 cm³/mol. The fourth-order valence-electron chi connectivity index (χ4n) is 2.56. The van der Waals surface area contributed by atoms with Crippen LogP contribution in [-0.4, -0.2) is 41.8 Å². The van der Waals surface area contributed by atoms with Crippen molar-refractivity contribution in [3.63, 3.8) is 0 Å². The topological polar surface area (TPSA) is 77.1 Å². The van der Waals surface area contributed by atoms with Gasteiger partial charge in [0.05, 0.1) is 23.3 Å². The van der Waals surface area contributed by atoms with Gasteiger partial charge in [0.1, 0.15) is 0 Å². The molecular weight excluding hydrogens is 267 g/mol. The summed E-state index contributed by atoms with van der Waals surface area (Å²) in [4.78, 5) is 4.58. The Hall–Kier alpha value is -0.845. The Kier molecular flexibility index (Phi) is 4.80. The van der Waals surface area contributed by atoms with Gasteiger partial charge in [0.15, 0.2) is 0 Å². The summed E-state index contributed by atoms with van der Waals surface area (Å²) in [6, 6.07) is 0.255. The first-order chi connectivity index (χ1) is 9.75. The Morgan fingerprint density at radius 1 is 1.14 bits per heavy atom. The number of hydrogen-bond donors (Lipinski definition) is 2. The number of aliphatic hydroxyl groups is 1. The van der Waals surface area contributed by atoms with E-state index in [1.54, 1.807) is 6.21 Å². The van der Waals surface area contributed by atoms with Crippen LogP contribution in [0, 0.1) is 0 Å². The molecule has 0 spiro atoms. The summed E-state index contributed by atoms with van der Waals surface area (Å²) >= 11 is 0. The zero-order chi connectivity index (χ0) is 15.7. The second-order valence-corrected chi connectivity index (χ2v) is 7.00. The van der Waals surface area contributed by atoms with Gasteiger partial charge >= 0.3 is 7.12 Å². The maximum atomic E-state index is 9.52. The monoisotopic (exact) mass is 294 g/mol. The third kappa shape index (κ3) is 3.68. The average molecular weight is 294 g/mol. The van der Waals surface area contributed by atoms with E-state index < -0.39 is 7.12 Å². The molecule has 6 heteroatoms. The minimum absolute atomic E-state index is 0.163. The van der Waals surface area contributed by atoms with Crippen molar-refractivity contribution in [3.05, 3.63) is 11.7 Å². The van der Waals surface area contributed by atoms with E-state index in [4.69, 9.17) is 15.0 Å². The molecule has 2 aliphatic rings. The van der Waals surface area contributed by atoms with E-state index in [0.29, 0.717) is 0 Å². The van der Waals surface area contributed by atoms with Crippen molar-refractivity contribution in [1.82, 2.24) is 0 Å². The van der Waals surface area contributed by atoms with Gasteiger partial charge in [-0.15, -0.1) is 0 Å². The second kappa shape index (κ2) is 6.11. The molecule has 0 aromatic rings. The molecule has 2 fully saturated rings. The molecule has 0 radical (unpaired) electrons. The van der Waals surface area contributed by atoms with E-state index in [9.17, 15) is 5.11 Å². The van der Waals surface area contributed by atoms with Gasteiger partial charge in [-0.1, -0.05) is 0 Å². The molecule has 1 saturated heterocycles. The third-order valence-electron chi connectivity index (χ3n) is 4.82. The van der Waals surface area contributed by atoms with Gasteiger partial charge in [0, 0.05) is 11.7 Å². The normalized spacial score (nSPS) is 32.8. The highest BCUT2D eigenvalue weighted by atomic mass is 16.7. The number of rotatable bonds is 3. The first-order valence-corrected chi connectivity index (χ1v) is 7.74. The second-order valence-electron chi connectivity index (χ2n) is 7.00. The van der Waals surface area contributed by atoms with Crippen LogP contribution >= 0.6 is 0 Å². The molecule has 2 rings (SSSR count). The van der Waals surface area contributed by atoms with E-state index in [1.807, 2.05) is 27.7 Å². The van der Waals surface area contributed by atoms with Gasteiger partial charge in [0.2, 0.25) is 0 Å². The zero-order valence-corrected chi connectivity index (χ0v) is 13.5. The minimum Gasteiger partial charge on any atom is -0.405 e. The van der Waals surface area contributed by atoms with Gasteiger partial charge in [-0.05, 0) is 59.6 Å². The molecule has 1 heterocycles. The Labute approximate surface area is 127 Å². The number of hydrogen-bond acceptors (Lipinski definition) is 5. The van der Waals surface area contributed by atoms with E-state index in [0.717, 1.165) is 31.2 Å². The largest absolute Gasteiger partial charge is 0.497 e. The molecule has 21 heavy (non-hydrogen) atoms. The first kappa shape index (κ1) is 16.5. The summed E-state index contributed by atoms with van der Waals surface area (Å²) in [6.07, 6.45) is 6.58. The Balaban J connectivity index is 1.99. The quantitative estimate of drug-likeness (QED) is 0.615. The molecule has 0 unspecified atom stereocenters. The van der Waals surface area contributed by atoms with Crippen LogP contribution in [0.4, 0.5) is 0 Å². The Morgan fingerprint density at radius 2 is 1.67 bits per heavy atom. The average Bonchev–Trinajstić information content (AvgIpc) is 2.61. The fraction of sp³-hybridized carbons (Fsp3) is 0.800. The van der Waals surface area contributed by atoms with E-state index in [-0.39, 0.29) is 23.3 Å². The lowest BCUT2D eigenvalue weighted by molar-refractivity contribution is 0.00578. The van der Waals surface area contributed by atoms with Gasteiger partial charge in [-0.2, -0.15) is 0 Å². The van der Waals surface area contributed by atoms with Crippen LogP contribution in [0.2, 0.25) is 0 Å². The van der Waals surface area contributed by atoms with Gasteiger partial charge in [-0.3, -0.25) is 4.99 Å². The molecular formula is C15H27BN2O3. The number of allylic oxidation sites excluding steroid dienone is 1. The molecule has 1 saturated carbocycles. The molecule has 0 bridgehead atoms. The van der Waals surface area contributed by atoms with Crippen molar-refractivity contribution in [2.45, 2.75) is 76.7 Å². The lowest BCUT2D eigenvalue weighted by Crippen LogP contribution is -2.41. The Bertz CT molecular complexity index is 411. The SMILES string of the molecule is CC1(C)OB(C(C=NC2CCC(O)CC2)=CN)OC1(C)C. The van der Waals surface area contributed by atoms with Crippen LogP contribution in [-0.2, 0) is 9.31 Å². The predicted octanol–water partition coefficient (Wildman–Crippen LogP) is 1.83. The molecule has 1 aliphatic heterocycles. The highest BCUT2D eigenvalue weighted by Gasteiger charge is 2.52. The summed E-state index contributed by atoms with van der Waals surface area (Å²) in [5.41, 5.74) is 5.70. The van der Waals surface area contributed by atoms with Crippen molar-refractivity contribution in [3.8, 4) is 0 Å². The van der Waals surface area contributed by atoms with E-state index in [2.05, 4.69) is 4.99 Å². The molecule has 0 aromatic heterocycles. The molecule has 0 amide bonds. The highest BCUT2D eigenvalue weighted by molar-refractivity contribution is 6.60. The summed E-state index contributed by atoms with van der Waals surface area (Å²) < 4.78 is 11.9. The lowest BCUT2D eigenvalue weighted by atomic mass is 9.79. The highest BCUT2D eigenvalue weighted by Crippen LogP contribution is 2.38. The number of nitrogens with two attached hydrogens (primary N) is 1. The standard InChI is InChI=1S/C15H27BN2O3/c1-14(2)15(3,4)21-16(20-14)11(9-17)10-18-12-5-7-13(19)8-6-12/h9-10,12-13,19H,5-8,17H2,1-4H3. The zero-order valence-electron chi connectivity index (χ0n) is 13.5. The van der Waals surface area contributed by atoms with E-state index in [1.165, 1.54) is 6.20 Å². The molecule has 5 nitrogen and oxygen atoms in total. The van der Waals surface area contributed by atoms with Crippen LogP contribution in [0.5, 0.6) is 0 Å². The molecule has 0 atom stereocenters. The summed E-state index contributed by atoms with van der Waals surface area (Å²) in [6.45, 7) is 8.06. The van der Waals surface area contributed by atoms with Crippen LogP contribution in [0.25, 0.3) is 0 Å². The molecule has 1 aliphatic carbocycles. The number of aliphatic imine (C=N–C) groups is 1. The van der Waals surface area contributed by atoms with Gasteiger partial charge in [-0.25, -0.2) is 0 Å². The van der Waals surface area contributed by atoms with Gasteiger partial charge in [0.25, 0.3) is 0 Å². The van der Waals surface area contributed by atoms with Crippen LogP contribution in [0.1, 0.15) is 53.4 Å². The first-order valence-electron chi connectivity index (χ1n) is 7.74. The summed E-state index contributed by atoms with van der Waals surface area (Å²) in [5.74, 6) is 0. The van der Waals surface area contributed by atoms with Crippen molar-refractivity contribution >= 4 is 13.3 Å².